The van der Waals surface area contributed by atoms with E-state index in [9.17, 15) is 18.4 Å². The number of halogens is 2. The maximum Gasteiger partial charge on any atom is 0.339 e. The monoisotopic (exact) mass is 361 g/mol. The minimum absolute atomic E-state index is 0.293. The summed E-state index contributed by atoms with van der Waals surface area (Å²) in [6.45, 7) is 1.56. The lowest BCUT2D eigenvalue weighted by Crippen LogP contribution is -2.44. The van der Waals surface area contributed by atoms with Gasteiger partial charge in [0.2, 0.25) is 6.10 Å². The molecule has 0 N–H and O–H groups in total. The molecule has 0 aromatic heterocycles. The summed E-state index contributed by atoms with van der Waals surface area (Å²) in [6, 6.07) is 10.9. The molecule has 2 aromatic rings. The zero-order valence-corrected chi connectivity index (χ0v) is 13.9. The molecule has 0 spiro atoms. The average Bonchev–Trinajstić information content (AvgIpc) is 2.66. The van der Waals surface area contributed by atoms with E-state index in [0.29, 0.717) is 37.9 Å². The predicted molar refractivity (Wildman–Crippen MR) is 88.4 cm³/mol. The highest BCUT2D eigenvalue weighted by Gasteiger charge is 2.31. The summed E-state index contributed by atoms with van der Waals surface area (Å²) in [4.78, 5) is 26.8. The van der Waals surface area contributed by atoms with Crippen LogP contribution in [0.5, 0.6) is 0 Å². The minimum atomic E-state index is -1.20. The van der Waals surface area contributed by atoms with Gasteiger partial charge in [0, 0.05) is 24.7 Å². The Morgan fingerprint density at radius 1 is 1.00 bits per heavy atom. The van der Waals surface area contributed by atoms with E-state index in [2.05, 4.69) is 0 Å². The number of benzene rings is 2. The largest absolute Gasteiger partial charge is 0.444 e. The van der Waals surface area contributed by atoms with Gasteiger partial charge in [-0.25, -0.2) is 13.6 Å². The molecule has 3 rings (SSSR count). The summed E-state index contributed by atoms with van der Waals surface area (Å²) in [7, 11) is 0. The first kappa shape index (κ1) is 18.0. The third-order valence-electron chi connectivity index (χ3n) is 3.97. The molecular formula is C19H17F2NO4. The number of morpholine rings is 1. The topological polar surface area (TPSA) is 55.8 Å². The van der Waals surface area contributed by atoms with Gasteiger partial charge in [-0.05, 0) is 12.1 Å². The fourth-order valence-electron chi connectivity index (χ4n) is 2.69. The molecule has 0 aliphatic carbocycles. The van der Waals surface area contributed by atoms with Crippen LogP contribution in [0, 0.1) is 11.6 Å². The van der Waals surface area contributed by atoms with Crippen LogP contribution in [0.2, 0.25) is 0 Å². The number of hydrogen-bond acceptors (Lipinski definition) is 4. The molecule has 0 unspecified atom stereocenters. The number of hydrogen-bond donors (Lipinski definition) is 0. The Hall–Kier alpha value is -2.80. The lowest BCUT2D eigenvalue weighted by atomic mass is 10.1. The summed E-state index contributed by atoms with van der Waals surface area (Å²) in [5.74, 6) is -3.16. The van der Waals surface area contributed by atoms with Crippen LogP contribution in [0.15, 0.2) is 48.5 Å². The van der Waals surface area contributed by atoms with Crippen LogP contribution < -0.4 is 0 Å². The van der Waals surface area contributed by atoms with E-state index < -0.39 is 29.6 Å². The van der Waals surface area contributed by atoms with Gasteiger partial charge in [0.1, 0.15) is 11.6 Å². The zero-order chi connectivity index (χ0) is 18.5. The first-order chi connectivity index (χ1) is 12.5. The fraction of sp³-hybridized carbons (Fsp3) is 0.263. The standard InChI is InChI=1S/C19H17F2NO4/c20-15-10-14(11-16(21)12-15)19(24)26-17(13-4-2-1-3-5-13)18(23)22-6-8-25-9-7-22/h1-5,10-12,17H,6-9H2/t17-/m1/s1. The van der Waals surface area contributed by atoms with Gasteiger partial charge in [0.25, 0.3) is 5.91 Å². The fourth-order valence-corrected chi connectivity index (χ4v) is 2.69. The van der Waals surface area contributed by atoms with E-state index in [-0.39, 0.29) is 5.56 Å². The third kappa shape index (κ3) is 4.23. The van der Waals surface area contributed by atoms with Crippen LogP contribution in [0.1, 0.15) is 22.0 Å². The van der Waals surface area contributed by atoms with Crippen molar-refractivity contribution in [3.63, 3.8) is 0 Å². The van der Waals surface area contributed by atoms with Crippen LogP contribution in [0.25, 0.3) is 0 Å². The SMILES string of the molecule is O=C(O[C@@H](C(=O)N1CCOCC1)c1ccccc1)c1cc(F)cc(F)c1. The molecule has 0 saturated carbocycles. The molecule has 0 bridgehead atoms. The Labute approximate surface area is 149 Å². The average molecular weight is 361 g/mol. The molecular weight excluding hydrogens is 344 g/mol. The van der Waals surface area contributed by atoms with Gasteiger partial charge >= 0.3 is 5.97 Å². The number of amides is 1. The summed E-state index contributed by atoms with van der Waals surface area (Å²) in [5.41, 5.74) is 0.187. The lowest BCUT2D eigenvalue weighted by Gasteiger charge is -2.30. The Kier molecular flexibility index (Phi) is 5.58. The molecule has 1 heterocycles. The van der Waals surface area contributed by atoms with Crippen molar-refractivity contribution in [2.75, 3.05) is 26.3 Å². The summed E-state index contributed by atoms with van der Waals surface area (Å²) < 4.78 is 37.3. The number of rotatable bonds is 4. The van der Waals surface area contributed by atoms with Crippen molar-refractivity contribution in [2.24, 2.45) is 0 Å². The lowest BCUT2D eigenvalue weighted by molar-refractivity contribution is -0.145. The molecule has 5 nitrogen and oxygen atoms in total. The van der Waals surface area contributed by atoms with E-state index in [0.717, 1.165) is 12.1 Å². The third-order valence-corrected chi connectivity index (χ3v) is 3.97. The van der Waals surface area contributed by atoms with E-state index in [1.165, 1.54) is 0 Å². The normalized spacial score (nSPS) is 15.4. The van der Waals surface area contributed by atoms with Gasteiger partial charge in [-0.1, -0.05) is 30.3 Å². The summed E-state index contributed by atoms with van der Waals surface area (Å²) in [6.07, 6.45) is -1.20. The van der Waals surface area contributed by atoms with Crippen molar-refractivity contribution < 1.29 is 27.8 Å². The van der Waals surface area contributed by atoms with E-state index in [1.807, 2.05) is 0 Å². The highest BCUT2D eigenvalue weighted by molar-refractivity contribution is 5.92. The second kappa shape index (κ2) is 8.05. The first-order valence-corrected chi connectivity index (χ1v) is 8.13. The molecule has 1 atom stereocenters. The van der Waals surface area contributed by atoms with Gasteiger partial charge in [0.15, 0.2) is 0 Å². The predicted octanol–water partition coefficient (Wildman–Crippen LogP) is 2.72. The van der Waals surface area contributed by atoms with Crippen molar-refractivity contribution in [2.45, 2.75) is 6.10 Å². The van der Waals surface area contributed by atoms with Gasteiger partial charge in [-0.3, -0.25) is 4.79 Å². The zero-order valence-electron chi connectivity index (χ0n) is 13.9. The Morgan fingerprint density at radius 3 is 2.23 bits per heavy atom. The van der Waals surface area contributed by atoms with E-state index in [4.69, 9.17) is 9.47 Å². The van der Waals surface area contributed by atoms with Crippen LogP contribution in [-0.4, -0.2) is 43.1 Å². The summed E-state index contributed by atoms with van der Waals surface area (Å²) in [5, 5.41) is 0. The highest BCUT2D eigenvalue weighted by atomic mass is 19.1. The molecule has 136 valence electrons. The number of carbonyl (C=O) groups is 2. The molecule has 1 amide bonds. The first-order valence-electron chi connectivity index (χ1n) is 8.13. The van der Waals surface area contributed by atoms with Crippen molar-refractivity contribution in [3.8, 4) is 0 Å². The van der Waals surface area contributed by atoms with Crippen LogP contribution in [0.4, 0.5) is 8.78 Å². The molecule has 26 heavy (non-hydrogen) atoms. The van der Waals surface area contributed by atoms with Crippen molar-refractivity contribution in [1.29, 1.82) is 0 Å². The van der Waals surface area contributed by atoms with Crippen LogP contribution in [0.3, 0.4) is 0 Å². The van der Waals surface area contributed by atoms with E-state index in [1.54, 1.807) is 35.2 Å². The van der Waals surface area contributed by atoms with Gasteiger partial charge < -0.3 is 14.4 Å². The Morgan fingerprint density at radius 2 is 1.62 bits per heavy atom. The molecule has 1 aliphatic heterocycles. The Balaban J connectivity index is 1.85. The van der Waals surface area contributed by atoms with Gasteiger partial charge in [0.05, 0.1) is 18.8 Å². The number of esters is 1. The van der Waals surface area contributed by atoms with Crippen LogP contribution in [-0.2, 0) is 14.3 Å². The molecule has 1 fully saturated rings. The molecule has 2 aromatic carbocycles. The van der Waals surface area contributed by atoms with Gasteiger partial charge in [-0.15, -0.1) is 0 Å². The highest BCUT2D eigenvalue weighted by Crippen LogP contribution is 2.23. The van der Waals surface area contributed by atoms with Crippen molar-refractivity contribution in [3.05, 3.63) is 71.3 Å². The Bertz CT molecular complexity index is 771. The van der Waals surface area contributed by atoms with Gasteiger partial charge in [-0.2, -0.15) is 0 Å². The second-order valence-electron chi connectivity index (χ2n) is 5.79. The quantitative estimate of drug-likeness (QED) is 0.786. The number of carbonyl (C=O) groups excluding carboxylic acids is 2. The van der Waals surface area contributed by atoms with Crippen molar-refractivity contribution >= 4 is 11.9 Å². The molecule has 1 aliphatic rings. The van der Waals surface area contributed by atoms with Crippen LogP contribution >= 0.6 is 0 Å². The minimum Gasteiger partial charge on any atom is -0.444 e. The maximum atomic E-state index is 13.4. The summed E-state index contributed by atoms with van der Waals surface area (Å²) >= 11 is 0. The number of ether oxygens (including phenoxy) is 2. The smallest absolute Gasteiger partial charge is 0.339 e. The van der Waals surface area contributed by atoms with Crippen molar-refractivity contribution in [1.82, 2.24) is 4.90 Å². The molecule has 1 saturated heterocycles. The number of nitrogens with zero attached hydrogens (tertiary/aromatic N) is 1. The van der Waals surface area contributed by atoms with E-state index >= 15 is 0 Å². The maximum absolute atomic E-state index is 13.4. The molecule has 0 radical (unpaired) electrons. The molecule has 7 heteroatoms. The second-order valence-corrected chi connectivity index (χ2v) is 5.79.